The average molecular weight is 324 g/mol. The van der Waals surface area contributed by atoms with E-state index >= 15 is 0 Å². The van der Waals surface area contributed by atoms with Crippen LogP contribution in [0.2, 0.25) is 0 Å². The fourth-order valence-corrected chi connectivity index (χ4v) is 3.47. The molecule has 1 aromatic heterocycles. The van der Waals surface area contributed by atoms with Crippen molar-refractivity contribution in [1.29, 1.82) is 0 Å². The summed E-state index contributed by atoms with van der Waals surface area (Å²) < 4.78 is 5.68. The van der Waals surface area contributed by atoms with Crippen molar-refractivity contribution in [2.75, 3.05) is 20.2 Å². The molecular formula is C20H24N2O2. The molecule has 1 fully saturated rings. The van der Waals surface area contributed by atoms with Crippen LogP contribution in [0, 0.1) is 12.8 Å². The highest BCUT2D eigenvalue weighted by molar-refractivity contribution is 5.94. The van der Waals surface area contributed by atoms with E-state index in [1.54, 1.807) is 19.5 Å². The first-order valence-electron chi connectivity index (χ1n) is 8.45. The van der Waals surface area contributed by atoms with Gasteiger partial charge in [-0.15, -0.1) is 0 Å². The van der Waals surface area contributed by atoms with Crippen LogP contribution in [0.25, 0.3) is 0 Å². The molecule has 1 amide bonds. The quantitative estimate of drug-likeness (QED) is 0.868. The van der Waals surface area contributed by atoms with E-state index < -0.39 is 0 Å². The van der Waals surface area contributed by atoms with Gasteiger partial charge in [0.2, 0.25) is 0 Å². The molecule has 0 aliphatic carbocycles. The molecule has 1 aromatic carbocycles. The summed E-state index contributed by atoms with van der Waals surface area (Å²) in [5.74, 6) is 0.381. The lowest BCUT2D eigenvalue weighted by atomic mass is 9.88. The predicted molar refractivity (Wildman–Crippen MR) is 93.9 cm³/mol. The summed E-state index contributed by atoms with van der Waals surface area (Å²) in [4.78, 5) is 18.9. The Kier molecular flexibility index (Phi) is 5.26. The Labute approximate surface area is 143 Å². The highest BCUT2D eigenvalue weighted by atomic mass is 16.5. The minimum atomic E-state index is 0.0683. The van der Waals surface area contributed by atoms with Crippen molar-refractivity contribution < 1.29 is 9.53 Å². The molecule has 2 atom stereocenters. The number of ether oxygens (including phenoxy) is 1. The van der Waals surface area contributed by atoms with E-state index in [2.05, 4.69) is 29.2 Å². The highest BCUT2D eigenvalue weighted by Gasteiger charge is 2.32. The monoisotopic (exact) mass is 324 g/mol. The Hall–Kier alpha value is -2.20. The van der Waals surface area contributed by atoms with Crippen molar-refractivity contribution in [3.8, 4) is 0 Å². The third-order valence-electron chi connectivity index (χ3n) is 4.72. The number of hydrogen-bond donors (Lipinski definition) is 0. The van der Waals surface area contributed by atoms with Crippen molar-refractivity contribution in [3.63, 3.8) is 0 Å². The maximum Gasteiger partial charge on any atom is 0.255 e. The Morgan fingerprint density at radius 1 is 1.29 bits per heavy atom. The Bertz CT molecular complexity index is 687. The number of rotatable bonds is 4. The molecule has 0 spiro atoms. The van der Waals surface area contributed by atoms with E-state index in [1.807, 2.05) is 24.0 Å². The molecule has 3 rings (SSSR count). The van der Waals surface area contributed by atoms with E-state index in [0.717, 1.165) is 31.5 Å². The van der Waals surface area contributed by atoms with Crippen LogP contribution in [0.5, 0.6) is 0 Å². The average Bonchev–Trinajstić information content (AvgIpc) is 2.62. The van der Waals surface area contributed by atoms with E-state index in [-0.39, 0.29) is 12.0 Å². The standard InChI is InChI=1S/C20H24N2O2/c1-15-10-17(13-21-12-15)20(23)22-9-8-19(24-2)18(14-22)11-16-6-4-3-5-7-16/h3-7,10,12-13,18-19H,8-9,11,14H2,1-2H3/t18-,19-/m0/s1. The fraction of sp³-hybridized carbons (Fsp3) is 0.400. The van der Waals surface area contributed by atoms with Gasteiger partial charge in [0.25, 0.3) is 5.91 Å². The molecule has 1 aliphatic heterocycles. The third kappa shape index (κ3) is 3.82. The molecule has 1 saturated heterocycles. The van der Waals surface area contributed by atoms with Gasteiger partial charge < -0.3 is 9.64 Å². The normalized spacial score (nSPS) is 20.8. The number of amides is 1. The van der Waals surface area contributed by atoms with Crippen molar-refractivity contribution in [1.82, 2.24) is 9.88 Å². The molecule has 4 heteroatoms. The lowest BCUT2D eigenvalue weighted by Gasteiger charge is -2.38. The van der Waals surface area contributed by atoms with Crippen LogP contribution in [0.1, 0.15) is 27.9 Å². The molecule has 4 nitrogen and oxygen atoms in total. The molecule has 0 N–H and O–H groups in total. The van der Waals surface area contributed by atoms with Crippen LogP contribution < -0.4 is 0 Å². The molecule has 24 heavy (non-hydrogen) atoms. The molecule has 126 valence electrons. The largest absolute Gasteiger partial charge is 0.381 e. The van der Waals surface area contributed by atoms with Gasteiger partial charge in [0.15, 0.2) is 0 Å². The summed E-state index contributed by atoms with van der Waals surface area (Å²) in [5, 5.41) is 0. The maximum absolute atomic E-state index is 12.8. The number of likely N-dealkylation sites (tertiary alicyclic amines) is 1. The number of pyridine rings is 1. The number of methoxy groups -OCH3 is 1. The summed E-state index contributed by atoms with van der Waals surface area (Å²) in [6.07, 6.45) is 5.43. The number of piperidine rings is 1. The van der Waals surface area contributed by atoms with Crippen molar-refractivity contribution in [2.45, 2.75) is 25.9 Å². The number of hydrogen-bond acceptors (Lipinski definition) is 3. The zero-order valence-corrected chi connectivity index (χ0v) is 14.3. The van der Waals surface area contributed by atoms with Gasteiger partial charge in [-0.1, -0.05) is 30.3 Å². The van der Waals surface area contributed by atoms with Gasteiger partial charge in [0, 0.05) is 38.5 Å². The van der Waals surface area contributed by atoms with Gasteiger partial charge in [0.1, 0.15) is 0 Å². The van der Waals surface area contributed by atoms with Gasteiger partial charge in [0.05, 0.1) is 11.7 Å². The first-order valence-corrected chi connectivity index (χ1v) is 8.45. The molecule has 2 aromatic rings. The zero-order chi connectivity index (χ0) is 16.9. The van der Waals surface area contributed by atoms with Crippen LogP contribution in [0.3, 0.4) is 0 Å². The Balaban J connectivity index is 1.73. The molecular weight excluding hydrogens is 300 g/mol. The van der Waals surface area contributed by atoms with Gasteiger partial charge in [-0.05, 0) is 37.0 Å². The molecule has 0 radical (unpaired) electrons. The number of carbonyl (C=O) groups is 1. The summed E-state index contributed by atoms with van der Waals surface area (Å²) in [6.45, 7) is 3.41. The van der Waals surface area contributed by atoms with Crippen LogP contribution in [-0.2, 0) is 11.2 Å². The first kappa shape index (κ1) is 16.7. The molecule has 2 heterocycles. The summed E-state index contributed by atoms with van der Waals surface area (Å²) in [5.41, 5.74) is 2.97. The van der Waals surface area contributed by atoms with Crippen molar-refractivity contribution >= 4 is 5.91 Å². The Morgan fingerprint density at radius 2 is 2.08 bits per heavy atom. The predicted octanol–water partition coefficient (Wildman–Crippen LogP) is 3.11. The van der Waals surface area contributed by atoms with E-state index in [9.17, 15) is 4.79 Å². The number of carbonyl (C=O) groups excluding carboxylic acids is 1. The topological polar surface area (TPSA) is 42.4 Å². The SMILES string of the molecule is CO[C@H]1CCN(C(=O)c2cncc(C)c2)C[C@@H]1Cc1ccccc1. The Morgan fingerprint density at radius 3 is 2.79 bits per heavy atom. The van der Waals surface area contributed by atoms with Crippen LogP contribution >= 0.6 is 0 Å². The zero-order valence-electron chi connectivity index (χ0n) is 14.3. The summed E-state index contributed by atoms with van der Waals surface area (Å²) in [6, 6.07) is 12.3. The van der Waals surface area contributed by atoms with Crippen LogP contribution in [-0.4, -0.2) is 42.1 Å². The van der Waals surface area contributed by atoms with Gasteiger partial charge >= 0.3 is 0 Å². The maximum atomic E-state index is 12.8. The molecule has 0 unspecified atom stereocenters. The fourth-order valence-electron chi connectivity index (χ4n) is 3.47. The second kappa shape index (κ2) is 7.58. The lowest BCUT2D eigenvalue weighted by molar-refractivity contribution is -0.00300. The number of aryl methyl sites for hydroxylation is 1. The van der Waals surface area contributed by atoms with Crippen LogP contribution in [0.15, 0.2) is 48.8 Å². The highest BCUT2D eigenvalue weighted by Crippen LogP contribution is 2.25. The number of aromatic nitrogens is 1. The molecule has 0 bridgehead atoms. The van der Waals surface area contributed by atoms with E-state index in [4.69, 9.17) is 4.74 Å². The van der Waals surface area contributed by atoms with E-state index in [1.165, 1.54) is 5.56 Å². The smallest absolute Gasteiger partial charge is 0.255 e. The van der Waals surface area contributed by atoms with Gasteiger partial charge in [-0.3, -0.25) is 9.78 Å². The minimum Gasteiger partial charge on any atom is -0.381 e. The van der Waals surface area contributed by atoms with Crippen LogP contribution in [0.4, 0.5) is 0 Å². The minimum absolute atomic E-state index is 0.0683. The van der Waals surface area contributed by atoms with E-state index in [0.29, 0.717) is 11.5 Å². The lowest BCUT2D eigenvalue weighted by Crippen LogP contribution is -2.47. The second-order valence-corrected chi connectivity index (χ2v) is 6.51. The second-order valence-electron chi connectivity index (χ2n) is 6.51. The summed E-state index contributed by atoms with van der Waals surface area (Å²) in [7, 11) is 1.77. The first-order chi connectivity index (χ1) is 11.7. The summed E-state index contributed by atoms with van der Waals surface area (Å²) >= 11 is 0. The number of benzene rings is 1. The molecule has 1 aliphatic rings. The van der Waals surface area contributed by atoms with Crippen molar-refractivity contribution in [2.24, 2.45) is 5.92 Å². The van der Waals surface area contributed by atoms with Gasteiger partial charge in [-0.2, -0.15) is 0 Å². The molecule has 0 saturated carbocycles. The van der Waals surface area contributed by atoms with Crippen molar-refractivity contribution in [3.05, 3.63) is 65.5 Å². The number of nitrogens with zero attached hydrogens (tertiary/aromatic N) is 2. The third-order valence-corrected chi connectivity index (χ3v) is 4.72. The van der Waals surface area contributed by atoms with Gasteiger partial charge in [-0.25, -0.2) is 0 Å².